The Morgan fingerprint density at radius 2 is 1.82 bits per heavy atom. The summed E-state index contributed by atoms with van der Waals surface area (Å²) in [6, 6.07) is 17.2. The number of aromatic nitrogens is 2. The smallest absolute Gasteiger partial charge is 0.282 e. The molecule has 0 bridgehead atoms. The van der Waals surface area contributed by atoms with Crippen LogP contribution in [0.3, 0.4) is 0 Å². The van der Waals surface area contributed by atoms with E-state index >= 15 is 0 Å². The number of nitrogens with zero attached hydrogens (tertiary/aromatic N) is 3. The van der Waals surface area contributed by atoms with Gasteiger partial charge in [-0.15, -0.1) is 11.3 Å². The number of methoxy groups -OCH3 is 2. The molecule has 0 aliphatic carbocycles. The van der Waals surface area contributed by atoms with Crippen molar-refractivity contribution in [1.29, 1.82) is 0 Å². The number of fused-ring (bicyclic) bond motifs is 1. The molecule has 2 heterocycles. The average Bonchev–Trinajstić information content (AvgIpc) is 3.19. The van der Waals surface area contributed by atoms with Gasteiger partial charge in [0.25, 0.3) is 5.56 Å². The van der Waals surface area contributed by atoms with Gasteiger partial charge < -0.3 is 9.47 Å². The molecule has 4 rings (SSSR count). The van der Waals surface area contributed by atoms with Gasteiger partial charge in [0.15, 0.2) is 11.5 Å². The Morgan fingerprint density at radius 3 is 2.57 bits per heavy atom. The van der Waals surface area contributed by atoms with Crippen molar-refractivity contribution in [3.8, 4) is 21.9 Å². The number of rotatable bonds is 5. The van der Waals surface area contributed by atoms with E-state index in [9.17, 15) is 4.79 Å². The highest BCUT2D eigenvalue weighted by Crippen LogP contribution is 2.30. The maximum atomic E-state index is 12.8. The van der Waals surface area contributed by atoms with Crippen molar-refractivity contribution in [3.05, 3.63) is 76.8 Å². The molecule has 0 spiro atoms. The Labute approximate surface area is 165 Å². The SMILES string of the molecule is COc1ccc(C=Nn2cnc3sc(-c4ccccc4)cc3c2=O)cc1OC. The number of benzene rings is 2. The third kappa shape index (κ3) is 3.39. The molecule has 0 radical (unpaired) electrons. The highest BCUT2D eigenvalue weighted by atomic mass is 32.1. The van der Waals surface area contributed by atoms with Gasteiger partial charge in [-0.2, -0.15) is 9.78 Å². The molecule has 0 saturated heterocycles. The van der Waals surface area contributed by atoms with Gasteiger partial charge in [0.05, 0.1) is 25.8 Å². The molecule has 0 amide bonds. The van der Waals surface area contributed by atoms with E-state index in [-0.39, 0.29) is 5.56 Å². The first kappa shape index (κ1) is 17.9. The van der Waals surface area contributed by atoms with Crippen LogP contribution in [0.1, 0.15) is 5.56 Å². The molecule has 28 heavy (non-hydrogen) atoms. The van der Waals surface area contributed by atoms with Crippen LogP contribution in [-0.2, 0) is 0 Å². The molecule has 2 aromatic carbocycles. The number of hydrogen-bond donors (Lipinski definition) is 0. The molecule has 0 aliphatic rings. The molecule has 140 valence electrons. The van der Waals surface area contributed by atoms with Crippen LogP contribution in [-0.4, -0.2) is 30.1 Å². The van der Waals surface area contributed by atoms with Crippen molar-refractivity contribution in [1.82, 2.24) is 9.66 Å². The zero-order valence-electron chi connectivity index (χ0n) is 15.3. The van der Waals surface area contributed by atoms with E-state index in [0.717, 1.165) is 16.0 Å². The summed E-state index contributed by atoms with van der Waals surface area (Å²) >= 11 is 1.49. The fourth-order valence-electron chi connectivity index (χ4n) is 2.80. The summed E-state index contributed by atoms with van der Waals surface area (Å²) in [4.78, 5) is 18.9. The molecule has 2 aromatic heterocycles. The minimum absolute atomic E-state index is 0.208. The minimum Gasteiger partial charge on any atom is -0.493 e. The summed E-state index contributed by atoms with van der Waals surface area (Å²) in [5.41, 5.74) is 1.63. The molecule has 6 nitrogen and oxygen atoms in total. The van der Waals surface area contributed by atoms with Gasteiger partial charge >= 0.3 is 0 Å². The molecule has 0 saturated carbocycles. The standard InChI is InChI=1S/C21H17N3O3S/c1-26-17-9-8-14(10-18(17)27-2)12-23-24-13-22-20-16(21(24)25)11-19(28-20)15-6-4-3-5-7-15/h3-13H,1-2H3. The fourth-order valence-corrected chi connectivity index (χ4v) is 3.80. The van der Waals surface area contributed by atoms with Crippen LogP contribution in [0.2, 0.25) is 0 Å². The third-order valence-electron chi connectivity index (χ3n) is 4.23. The molecule has 7 heteroatoms. The van der Waals surface area contributed by atoms with Crippen molar-refractivity contribution in [3.63, 3.8) is 0 Å². The molecular weight excluding hydrogens is 374 g/mol. The highest BCUT2D eigenvalue weighted by Gasteiger charge is 2.10. The lowest BCUT2D eigenvalue weighted by atomic mass is 10.2. The van der Waals surface area contributed by atoms with E-state index in [1.165, 1.54) is 22.3 Å². The van der Waals surface area contributed by atoms with Gasteiger partial charge in [-0.1, -0.05) is 30.3 Å². The van der Waals surface area contributed by atoms with Crippen molar-refractivity contribution in [2.24, 2.45) is 5.10 Å². The normalized spacial score (nSPS) is 11.2. The summed E-state index contributed by atoms with van der Waals surface area (Å²) in [6.07, 6.45) is 3.02. The first-order valence-electron chi connectivity index (χ1n) is 8.52. The molecule has 0 aliphatic heterocycles. The number of thiophene rings is 1. The molecule has 0 unspecified atom stereocenters. The summed E-state index contributed by atoms with van der Waals surface area (Å²) in [7, 11) is 3.15. The van der Waals surface area contributed by atoms with Crippen molar-refractivity contribution in [2.45, 2.75) is 0 Å². The van der Waals surface area contributed by atoms with Gasteiger partial charge in [-0.05, 0) is 35.4 Å². The Hall–Kier alpha value is -3.45. The van der Waals surface area contributed by atoms with E-state index in [4.69, 9.17) is 9.47 Å². The molecule has 0 N–H and O–H groups in total. The lowest BCUT2D eigenvalue weighted by Gasteiger charge is -2.07. The van der Waals surface area contributed by atoms with Crippen LogP contribution >= 0.6 is 11.3 Å². The molecule has 0 atom stereocenters. The van der Waals surface area contributed by atoms with Crippen molar-refractivity contribution in [2.75, 3.05) is 14.2 Å². The maximum absolute atomic E-state index is 12.8. The summed E-state index contributed by atoms with van der Waals surface area (Å²) in [5.74, 6) is 1.23. The van der Waals surface area contributed by atoms with E-state index in [1.54, 1.807) is 32.6 Å². The predicted molar refractivity (Wildman–Crippen MR) is 112 cm³/mol. The van der Waals surface area contributed by atoms with Crippen molar-refractivity contribution < 1.29 is 9.47 Å². The maximum Gasteiger partial charge on any atom is 0.282 e. The highest BCUT2D eigenvalue weighted by molar-refractivity contribution is 7.21. The van der Waals surface area contributed by atoms with Gasteiger partial charge in [0, 0.05) is 4.88 Å². The lowest BCUT2D eigenvalue weighted by molar-refractivity contribution is 0.355. The van der Waals surface area contributed by atoms with Gasteiger partial charge in [-0.25, -0.2) is 4.98 Å². The topological polar surface area (TPSA) is 65.7 Å². The fraction of sp³-hybridized carbons (Fsp3) is 0.0952. The van der Waals surface area contributed by atoms with Gasteiger partial charge in [0.1, 0.15) is 11.2 Å². The Balaban J connectivity index is 1.69. The minimum atomic E-state index is -0.208. The monoisotopic (exact) mass is 391 g/mol. The second-order valence-corrected chi connectivity index (χ2v) is 6.98. The summed E-state index contributed by atoms with van der Waals surface area (Å²) in [6.45, 7) is 0. The van der Waals surface area contributed by atoms with Crippen LogP contribution in [0, 0.1) is 0 Å². The number of ether oxygens (including phenoxy) is 2. The van der Waals surface area contributed by atoms with Crippen LogP contribution in [0.4, 0.5) is 0 Å². The molecule has 4 aromatic rings. The first-order valence-corrected chi connectivity index (χ1v) is 9.34. The zero-order chi connectivity index (χ0) is 19.5. The Morgan fingerprint density at radius 1 is 1.04 bits per heavy atom. The molecule has 0 fully saturated rings. The zero-order valence-corrected chi connectivity index (χ0v) is 16.1. The second-order valence-electron chi connectivity index (χ2n) is 5.95. The van der Waals surface area contributed by atoms with E-state index in [0.29, 0.717) is 21.7 Å². The van der Waals surface area contributed by atoms with Crippen LogP contribution < -0.4 is 15.0 Å². The van der Waals surface area contributed by atoms with Crippen molar-refractivity contribution >= 4 is 27.8 Å². The predicted octanol–water partition coefficient (Wildman–Crippen LogP) is 4.02. The Kier molecular flexibility index (Phi) is 4.90. The summed E-state index contributed by atoms with van der Waals surface area (Å²) < 4.78 is 11.8. The molecular formula is C21H17N3O3S. The largest absolute Gasteiger partial charge is 0.493 e. The van der Waals surface area contributed by atoms with E-state index in [2.05, 4.69) is 10.1 Å². The van der Waals surface area contributed by atoms with E-state index in [1.807, 2.05) is 42.5 Å². The second kappa shape index (κ2) is 7.66. The first-order chi connectivity index (χ1) is 13.7. The Bertz CT molecular complexity index is 1210. The average molecular weight is 391 g/mol. The number of hydrogen-bond acceptors (Lipinski definition) is 6. The third-order valence-corrected chi connectivity index (χ3v) is 5.32. The van der Waals surface area contributed by atoms with Gasteiger partial charge in [-0.3, -0.25) is 4.79 Å². The van der Waals surface area contributed by atoms with Gasteiger partial charge in [0.2, 0.25) is 0 Å². The van der Waals surface area contributed by atoms with Crippen LogP contribution in [0.15, 0.2) is 70.8 Å². The summed E-state index contributed by atoms with van der Waals surface area (Å²) in [5, 5.41) is 4.82. The van der Waals surface area contributed by atoms with Crippen LogP contribution in [0.25, 0.3) is 20.7 Å². The van der Waals surface area contributed by atoms with Crippen LogP contribution in [0.5, 0.6) is 11.5 Å². The lowest BCUT2D eigenvalue weighted by Crippen LogP contribution is -2.16. The quantitative estimate of drug-likeness (QED) is 0.482. The van der Waals surface area contributed by atoms with E-state index < -0.39 is 0 Å².